The van der Waals surface area contributed by atoms with Crippen LogP contribution in [0.1, 0.15) is 25.0 Å². The maximum absolute atomic E-state index is 13.4. The molecule has 0 bridgehead atoms. The minimum absolute atomic E-state index is 0.0348. The third-order valence-electron chi connectivity index (χ3n) is 6.37. The van der Waals surface area contributed by atoms with Crippen LogP contribution < -0.4 is 5.32 Å². The van der Waals surface area contributed by atoms with Gasteiger partial charge in [-0.3, -0.25) is 29.4 Å². The highest BCUT2D eigenvalue weighted by atomic mass is 32.2. The molecule has 15 heteroatoms. The Morgan fingerprint density at radius 1 is 1.05 bits per heavy atom. The van der Waals surface area contributed by atoms with Gasteiger partial charge < -0.3 is 19.5 Å². The highest BCUT2D eigenvalue weighted by Gasteiger charge is 2.58. The van der Waals surface area contributed by atoms with Crippen molar-refractivity contribution < 1.29 is 43.1 Å². The number of esters is 1. The van der Waals surface area contributed by atoms with Crippen LogP contribution in [0.4, 0.5) is 10.5 Å². The molecule has 0 aliphatic carbocycles. The number of benzene rings is 2. The molecule has 2 aromatic carbocycles. The Bertz CT molecular complexity index is 1450. The van der Waals surface area contributed by atoms with E-state index in [0.717, 1.165) is 23.5 Å². The molecular formula is C28H27N3O10S2. The van der Waals surface area contributed by atoms with Gasteiger partial charge in [0, 0.05) is 31.4 Å². The van der Waals surface area contributed by atoms with E-state index in [1.807, 2.05) is 6.07 Å². The lowest BCUT2D eigenvalue weighted by molar-refractivity contribution is -0.384. The summed E-state index contributed by atoms with van der Waals surface area (Å²) in [5.41, 5.74) is 0.902. The number of nitro benzene ring substituents is 1. The molecule has 0 radical (unpaired) electrons. The van der Waals surface area contributed by atoms with Gasteiger partial charge in [0.25, 0.3) is 5.69 Å². The lowest BCUT2D eigenvalue weighted by Crippen LogP contribution is -2.65. The number of β-lactam (4-membered cyclic amide) rings is 1. The molecule has 3 atom stereocenters. The number of thioether (sulfide) groups is 2. The summed E-state index contributed by atoms with van der Waals surface area (Å²) >= 11 is 1.86. The van der Waals surface area contributed by atoms with Gasteiger partial charge in [0.15, 0.2) is 0 Å². The summed E-state index contributed by atoms with van der Waals surface area (Å²) in [5, 5.41) is 12.1. The van der Waals surface area contributed by atoms with Crippen LogP contribution >= 0.6 is 23.5 Å². The fourth-order valence-corrected chi connectivity index (χ4v) is 6.64. The van der Waals surface area contributed by atoms with Crippen molar-refractivity contribution >= 4 is 58.3 Å². The first-order valence-corrected chi connectivity index (χ1v) is 14.9. The molecule has 4 rings (SSSR count). The monoisotopic (exact) mass is 629 g/mol. The summed E-state index contributed by atoms with van der Waals surface area (Å²) in [6.45, 7) is 2.78. The average molecular weight is 630 g/mol. The van der Waals surface area contributed by atoms with Crippen molar-refractivity contribution in [1.82, 2.24) is 10.2 Å². The number of nitro groups is 1. The lowest BCUT2D eigenvalue weighted by Gasteiger charge is -2.50. The fourth-order valence-electron chi connectivity index (χ4n) is 4.26. The Balaban J connectivity index is 1.43. The van der Waals surface area contributed by atoms with E-state index in [1.165, 1.54) is 43.0 Å². The van der Waals surface area contributed by atoms with E-state index >= 15 is 0 Å². The fraction of sp³-hybridized carbons (Fsp3) is 0.321. The number of carbonyl (C=O) groups is 5. The molecule has 2 aromatic rings. The van der Waals surface area contributed by atoms with Crippen LogP contribution in [-0.2, 0) is 46.6 Å². The second-order valence-corrected chi connectivity index (χ2v) is 11.6. The van der Waals surface area contributed by atoms with Gasteiger partial charge in [-0.25, -0.2) is 9.59 Å². The predicted octanol–water partition coefficient (Wildman–Crippen LogP) is 3.52. The first-order chi connectivity index (χ1) is 20.6. The van der Waals surface area contributed by atoms with Gasteiger partial charge in [0.2, 0.25) is 16.9 Å². The molecule has 0 saturated carbocycles. The van der Waals surface area contributed by atoms with Gasteiger partial charge in [-0.1, -0.05) is 42.1 Å². The molecule has 2 aliphatic rings. The number of rotatable bonds is 12. The number of non-ortho nitro benzene ring substituents is 1. The number of hydrogen-bond acceptors (Lipinski definition) is 12. The van der Waals surface area contributed by atoms with Gasteiger partial charge >= 0.3 is 12.1 Å². The van der Waals surface area contributed by atoms with Crippen molar-refractivity contribution in [3.63, 3.8) is 0 Å². The molecule has 0 spiro atoms. The van der Waals surface area contributed by atoms with Crippen molar-refractivity contribution in [3.05, 3.63) is 86.4 Å². The molecule has 1 saturated heterocycles. The topological polar surface area (TPSA) is 171 Å². The Labute approximate surface area is 254 Å². The van der Waals surface area contributed by atoms with Crippen LogP contribution in [0.5, 0.6) is 0 Å². The van der Waals surface area contributed by atoms with Gasteiger partial charge in [0.1, 0.15) is 36.3 Å². The van der Waals surface area contributed by atoms with E-state index in [1.54, 1.807) is 24.3 Å². The summed E-state index contributed by atoms with van der Waals surface area (Å²) in [6, 6.07) is 14.3. The highest BCUT2D eigenvalue weighted by Crippen LogP contribution is 2.48. The minimum Gasteiger partial charge on any atom is -0.456 e. The van der Waals surface area contributed by atoms with Crippen LogP contribution in [0.25, 0.3) is 0 Å². The number of ether oxygens (including phenoxy) is 3. The van der Waals surface area contributed by atoms with Crippen molar-refractivity contribution in [3.8, 4) is 0 Å². The Kier molecular flexibility index (Phi) is 10.4. The van der Waals surface area contributed by atoms with Crippen molar-refractivity contribution in [1.29, 1.82) is 0 Å². The number of carbonyl (C=O) groups excluding carboxylic acids is 5. The molecule has 0 unspecified atom stereocenters. The van der Waals surface area contributed by atoms with E-state index < -0.39 is 45.5 Å². The van der Waals surface area contributed by atoms with Crippen LogP contribution in [0.15, 0.2) is 65.2 Å². The zero-order valence-corrected chi connectivity index (χ0v) is 24.7. The molecule has 2 heterocycles. The molecule has 13 nitrogen and oxygen atoms in total. The number of hydrogen-bond donors (Lipinski definition) is 1. The summed E-state index contributed by atoms with van der Waals surface area (Å²) in [7, 11) is 0. The quantitative estimate of drug-likeness (QED) is 0.119. The number of fused-ring (bicyclic) bond motifs is 1. The molecule has 226 valence electrons. The minimum atomic E-state index is -1.07. The van der Waals surface area contributed by atoms with Crippen molar-refractivity contribution in [2.75, 3.05) is 12.3 Å². The first kappa shape index (κ1) is 31.6. The van der Waals surface area contributed by atoms with E-state index in [2.05, 4.69) is 5.32 Å². The normalized spacial score (nSPS) is 18.2. The van der Waals surface area contributed by atoms with Crippen molar-refractivity contribution in [2.45, 2.75) is 38.5 Å². The summed E-state index contributed by atoms with van der Waals surface area (Å²) < 4.78 is 15.9. The predicted molar refractivity (Wildman–Crippen MR) is 155 cm³/mol. The van der Waals surface area contributed by atoms with Gasteiger partial charge in [-0.05, 0) is 30.2 Å². The van der Waals surface area contributed by atoms with Crippen LogP contribution in [0.3, 0.4) is 0 Å². The summed E-state index contributed by atoms with van der Waals surface area (Å²) in [5.74, 6) is -2.31. The third-order valence-corrected chi connectivity index (χ3v) is 8.74. The molecule has 1 fully saturated rings. The molecule has 1 N–H and O–H groups in total. The molecule has 0 aromatic heterocycles. The van der Waals surface area contributed by atoms with E-state index in [0.29, 0.717) is 11.1 Å². The summed E-state index contributed by atoms with van der Waals surface area (Å²) in [4.78, 5) is 74.9. The Morgan fingerprint density at radius 2 is 1.70 bits per heavy atom. The molecule has 2 aliphatic heterocycles. The van der Waals surface area contributed by atoms with E-state index in [9.17, 15) is 34.1 Å². The third kappa shape index (κ3) is 7.73. The number of nitrogens with zero attached hydrogens (tertiary/aromatic N) is 2. The zero-order chi connectivity index (χ0) is 31.1. The van der Waals surface area contributed by atoms with E-state index in [4.69, 9.17) is 14.2 Å². The largest absolute Gasteiger partial charge is 0.508 e. The van der Waals surface area contributed by atoms with Crippen LogP contribution in [-0.4, -0.2) is 62.7 Å². The molecule has 2 amide bonds. The standard InChI is InChI=1S/C28H27N3O10S2/c1-16(41-28(36)40-15-19-8-10-20(11-9-19)31(37)38)21-24(33)30-22(26(34)39-14-18-6-4-3-5-7-18)23(27(35)43-25(21)30)42-13-12-29-17(2)32/h3-11,16,21,25H,12-15H2,1-2H3,(H,29,32)/t16-,21+,25+/m1/s1. The maximum atomic E-state index is 13.4. The van der Waals surface area contributed by atoms with Gasteiger partial charge in [-0.15, -0.1) is 11.8 Å². The Hall–Kier alpha value is -4.37. The number of amides is 2. The Morgan fingerprint density at radius 3 is 2.35 bits per heavy atom. The van der Waals surface area contributed by atoms with Crippen LogP contribution in [0.2, 0.25) is 0 Å². The van der Waals surface area contributed by atoms with Crippen molar-refractivity contribution in [2.24, 2.45) is 5.92 Å². The zero-order valence-electron chi connectivity index (χ0n) is 23.1. The lowest BCUT2D eigenvalue weighted by atomic mass is 9.91. The number of nitrogens with one attached hydrogen (secondary N) is 1. The van der Waals surface area contributed by atoms with Crippen LogP contribution in [0, 0.1) is 16.0 Å². The van der Waals surface area contributed by atoms with Gasteiger partial charge in [-0.2, -0.15) is 0 Å². The smallest absolute Gasteiger partial charge is 0.456 e. The first-order valence-electron chi connectivity index (χ1n) is 13.0. The highest BCUT2D eigenvalue weighted by molar-refractivity contribution is 8.18. The van der Waals surface area contributed by atoms with E-state index in [-0.39, 0.29) is 47.7 Å². The summed E-state index contributed by atoms with van der Waals surface area (Å²) in [6.07, 6.45) is -2.08. The molecule has 43 heavy (non-hydrogen) atoms. The maximum Gasteiger partial charge on any atom is 0.508 e. The molecular weight excluding hydrogens is 602 g/mol. The second kappa shape index (κ2) is 14.2. The second-order valence-electron chi connectivity index (χ2n) is 9.39. The van der Waals surface area contributed by atoms with Gasteiger partial charge in [0.05, 0.1) is 9.83 Å². The average Bonchev–Trinajstić information content (AvgIpc) is 2.98. The SMILES string of the molecule is CC(=O)NCCSC1=C(C(=O)OCc2ccccc2)N2C(=O)[C@H]([C@@H](C)OC(=O)OCc3ccc([N+](=O)[O-])cc3)[C@@H]2SC1=O.